The first-order chi connectivity index (χ1) is 19.5. The molecule has 0 saturated heterocycles. The Labute approximate surface area is 248 Å². The van der Waals surface area contributed by atoms with Gasteiger partial charge in [-0.25, -0.2) is 0 Å². The fourth-order valence-corrected chi connectivity index (χ4v) is 5.77. The van der Waals surface area contributed by atoms with Crippen molar-refractivity contribution in [3.8, 4) is 0 Å². The third kappa shape index (κ3) is 9.02. The van der Waals surface area contributed by atoms with Gasteiger partial charge in [-0.3, -0.25) is 9.69 Å². The minimum atomic E-state index is -0.714. The number of benzene rings is 3. The van der Waals surface area contributed by atoms with Crippen LogP contribution in [0.2, 0.25) is 0 Å². The molecule has 0 unspecified atom stereocenters. The predicted molar refractivity (Wildman–Crippen MR) is 170 cm³/mol. The van der Waals surface area contributed by atoms with E-state index >= 15 is 0 Å². The molecule has 4 heteroatoms. The fraction of sp³-hybridized carbons (Fsp3) is 0.486. The third-order valence-corrected chi connectivity index (χ3v) is 8.46. The fourth-order valence-electron chi connectivity index (χ4n) is 5.77. The van der Waals surface area contributed by atoms with Crippen LogP contribution >= 0.6 is 0 Å². The van der Waals surface area contributed by atoms with E-state index in [1.165, 1.54) is 33.4 Å². The molecule has 3 aromatic carbocycles. The summed E-state index contributed by atoms with van der Waals surface area (Å²) < 4.78 is 6.44. The second-order valence-corrected chi connectivity index (χ2v) is 12.3. The molecule has 0 radical (unpaired) electrons. The Balaban J connectivity index is 2.02. The summed E-state index contributed by atoms with van der Waals surface area (Å²) in [6, 6.07) is 23.0. The molecule has 0 fully saturated rings. The Morgan fingerprint density at radius 2 is 1.44 bits per heavy atom. The third-order valence-electron chi connectivity index (χ3n) is 8.46. The van der Waals surface area contributed by atoms with Crippen LogP contribution in [0.5, 0.6) is 0 Å². The zero-order valence-corrected chi connectivity index (χ0v) is 26.5. The first kappa shape index (κ1) is 32.6. The number of carbonyl (C=O) groups excluding carboxylic acids is 1. The number of esters is 1. The number of carbonyl (C=O) groups is 1. The molecular formula is C37H51NO3. The molecule has 0 aromatic heterocycles. The van der Waals surface area contributed by atoms with Crippen LogP contribution in [0.25, 0.3) is 0 Å². The van der Waals surface area contributed by atoms with Crippen LogP contribution in [-0.4, -0.2) is 28.1 Å². The Morgan fingerprint density at radius 1 is 0.829 bits per heavy atom. The van der Waals surface area contributed by atoms with Crippen molar-refractivity contribution in [3.63, 3.8) is 0 Å². The molecule has 0 aliphatic heterocycles. The summed E-state index contributed by atoms with van der Waals surface area (Å²) in [5.74, 6) is -0.393. The second kappa shape index (κ2) is 15.3. The van der Waals surface area contributed by atoms with Gasteiger partial charge in [-0.05, 0) is 86.8 Å². The average Bonchev–Trinajstić information content (AvgIpc) is 2.93. The van der Waals surface area contributed by atoms with E-state index in [4.69, 9.17) is 4.74 Å². The SMILES string of the molecule is CC[C@@H](O)[C@@H](CCC(C)C)C(=O)O[C@H](c1ccccc1)[C@H](C)N(Cc1ccccc1C)Cc1c(C)cc(C)cc1C. The van der Waals surface area contributed by atoms with Gasteiger partial charge in [-0.1, -0.05) is 99.5 Å². The largest absolute Gasteiger partial charge is 0.456 e. The van der Waals surface area contributed by atoms with Gasteiger partial charge in [0.05, 0.1) is 12.0 Å². The summed E-state index contributed by atoms with van der Waals surface area (Å²) in [6.45, 7) is 18.5. The normalized spacial score (nSPS) is 14.6. The molecule has 0 saturated carbocycles. The van der Waals surface area contributed by atoms with Crippen molar-refractivity contribution in [3.05, 3.63) is 106 Å². The maximum atomic E-state index is 13.8. The van der Waals surface area contributed by atoms with E-state index < -0.39 is 18.1 Å². The van der Waals surface area contributed by atoms with Crippen LogP contribution in [0.4, 0.5) is 0 Å². The number of hydrogen-bond donors (Lipinski definition) is 1. The molecule has 0 aliphatic rings. The minimum absolute atomic E-state index is 0.120. The Kier molecular flexibility index (Phi) is 12.2. The van der Waals surface area contributed by atoms with E-state index in [0.29, 0.717) is 18.8 Å². The van der Waals surface area contributed by atoms with E-state index in [1.54, 1.807) is 0 Å². The standard InChI is InChI=1S/C37H51NO3/c1-9-35(39)33(20-19-25(2)3)37(40)41-36(31-16-11-10-12-17-31)30(8)38(23-32-18-14-13-15-27(32)5)24-34-28(6)21-26(4)22-29(34)7/h10-18,21-22,25,30,33,35-36,39H,9,19-20,23-24H2,1-8H3/t30-,33+,35+,36-/m0/s1. The van der Waals surface area contributed by atoms with Crippen molar-refractivity contribution in [1.82, 2.24) is 4.90 Å². The average molecular weight is 558 g/mol. The van der Waals surface area contributed by atoms with Gasteiger partial charge >= 0.3 is 5.97 Å². The Bertz CT molecular complexity index is 1230. The van der Waals surface area contributed by atoms with Gasteiger partial charge in [0.25, 0.3) is 0 Å². The summed E-state index contributed by atoms with van der Waals surface area (Å²) in [5.41, 5.74) is 8.60. The molecule has 222 valence electrons. The molecule has 0 spiro atoms. The molecule has 4 nitrogen and oxygen atoms in total. The quantitative estimate of drug-likeness (QED) is 0.202. The predicted octanol–water partition coefficient (Wildman–Crippen LogP) is 8.42. The maximum Gasteiger partial charge on any atom is 0.312 e. The lowest BCUT2D eigenvalue weighted by Gasteiger charge is -2.36. The van der Waals surface area contributed by atoms with Crippen molar-refractivity contribution in [2.45, 2.75) is 106 Å². The first-order valence-electron chi connectivity index (χ1n) is 15.3. The second-order valence-electron chi connectivity index (χ2n) is 12.3. The smallest absolute Gasteiger partial charge is 0.312 e. The zero-order valence-electron chi connectivity index (χ0n) is 26.5. The van der Waals surface area contributed by atoms with Gasteiger partial charge in [-0.15, -0.1) is 0 Å². The minimum Gasteiger partial charge on any atom is -0.456 e. The highest BCUT2D eigenvalue weighted by atomic mass is 16.5. The van der Waals surface area contributed by atoms with Gasteiger partial charge in [0.1, 0.15) is 6.10 Å². The summed E-state index contributed by atoms with van der Waals surface area (Å²) in [6.07, 6.45) is 0.817. The molecule has 1 N–H and O–H groups in total. The van der Waals surface area contributed by atoms with Crippen LogP contribution in [0.3, 0.4) is 0 Å². The van der Waals surface area contributed by atoms with Gasteiger partial charge in [0.15, 0.2) is 0 Å². The topological polar surface area (TPSA) is 49.8 Å². The van der Waals surface area contributed by atoms with Crippen LogP contribution in [0, 0.1) is 39.5 Å². The zero-order chi connectivity index (χ0) is 30.1. The summed E-state index contributed by atoms with van der Waals surface area (Å²) in [5, 5.41) is 10.8. The number of hydrogen-bond acceptors (Lipinski definition) is 4. The van der Waals surface area contributed by atoms with Crippen molar-refractivity contribution in [2.75, 3.05) is 0 Å². The van der Waals surface area contributed by atoms with Crippen molar-refractivity contribution in [2.24, 2.45) is 11.8 Å². The lowest BCUT2D eigenvalue weighted by atomic mass is 9.91. The summed E-state index contributed by atoms with van der Waals surface area (Å²) >= 11 is 0. The highest BCUT2D eigenvalue weighted by molar-refractivity contribution is 5.73. The first-order valence-corrected chi connectivity index (χ1v) is 15.3. The lowest BCUT2D eigenvalue weighted by Crippen LogP contribution is -2.40. The van der Waals surface area contributed by atoms with Gasteiger partial charge in [-0.2, -0.15) is 0 Å². The molecule has 3 rings (SSSR count). The van der Waals surface area contributed by atoms with Crippen LogP contribution < -0.4 is 0 Å². The summed E-state index contributed by atoms with van der Waals surface area (Å²) in [7, 11) is 0. The monoisotopic (exact) mass is 557 g/mol. The summed E-state index contributed by atoms with van der Waals surface area (Å²) in [4.78, 5) is 16.2. The van der Waals surface area contributed by atoms with E-state index in [1.807, 2.05) is 37.3 Å². The lowest BCUT2D eigenvalue weighted by molar-refractivity contribution is -0.163. The number of aryl methyl sites for hydroxylation is 4. The van der Waals surface area contributed by atoms with Crippen molar-refractivity contribution < 1.29 is 14.6 Å². The van der Waals surface area contributed by atoms with Crippen LogP contribution in [-0.2, 0) is 22.6 Å². The van der Waals surface area contributed by atoms with Gasteiger partial charge in [0, 0.05) is 19.1 Å². The highest BCUT2D eigenvalue weighted by Crippen LogP contribution is 2.32. The molecule has 0 amide bonds. The number of nitrogens with zero attached hydrogens (tertiary/aromatic N) is 1. The number of aliphatic hydroxyl groups is 1. The molecule has 0 heterocycles. The molecule has 0 bridgehead atoms. The number of ether oxygens (including phenoxy) is 1. The molecule has 4 atom stereocenters. The molecule has 0 aliphatic carbocycles. The molecule has 3 aromatic rings. The number of aliphatic hydroxyl groups excluding tert-OH is 1. The van der Waals surface area contributed by atoms with Crippen molar-refractivity contribution in [1.29, 1.82) is 0 Å². The molecular weight excluding hydrogens is 506 g/mol. The van der Waals surface area contributed by atoms with E-state index in [9.17, 15) is 9.90 Å². The number of rotatable bonds is 14. The van der Waals surface area contributed by atoms with E-state index in [2.05, 4.69) is 89.8 Å². The maximum absolute atomic E-state index is 13.8. The van der Waals surface area contributed by atoms with Gasteiger partial charge in [0.2, 0.25) is 0 Å². The van der Waals surface area contributed by atoms with Crippen molar-refractivity contribution >= 4 is 5.97 Å². The van der Waals surface area contributed by atoms with E-state index in [-0.39, 0.29) is 12.0 Å². The van der Waals surface area contributed by atoms with Crippen LogP contribution in [0.1, 0.15) is 92.0 Å². The van der Waals surface area contributed by atoms with E-state index in [0.717, 1.165) is 25.1 Å². The Hall–Kier alpha value is -2.95. The molecule has 41 heavy (non-hydrogen) atoms. The Morgan fingerprint density at radius 3 is 2.02 bits per heavy atom. The van der Waals surface area contributed by atoms with Crippen LogP contribution in [0.15, 0.2) is 66.7 Å². The highest BCUT2D eigenvalue weighted by Gasteiger charge is 2.34. The van der Waals surface area contributed by atoms with Gasteiger partial charge < -0.3 is 9.84 Å².